The largest absolute Gasteiger partial charge is 0.478 e. The second kappa shape index (κ2) is 10.7. The second-order valence-corrected chi connectivity index (χ2v) is 9.23. The highest BCUT2D eigenvalue weighted by Gasteiger charge is 2.30. The first-order valence-corrected chi connectivity index (χ1v) is 12.6. The first kappa shape index (κ1) is 26.1. The van der Waals surface area contributed by atoms with E-state index in [1.165, 1.54) is 12.1 Å². The van der Waals surface area contributed by atoms with Crippen molar-refractivity contribution in [1.82, 2.24) is 0 Å². The maximum Gasteiger partial charge on any atom is 0.416 e. The minimum atomic E-state index is -4.45. The first-order valence-electron chi connectivity index (χ1n) is 12.6. The van der Waals surface area contributed by atoms with Crippen LogP contribution in [0.4, 0.5) is 13.2 Å². The van der Waals surface area contributed by atoms with E-state index in [1.807, 2.05) is 61.5 Å². The molecule has 196 valence electrons. The van der Waals surface area contributed by atoms with Crippen LogP contribution in [0.25, 0.3) is 44.2 Å². The van der Waals surface area contributed by atoms with Gasteiger partial charge in [0.05, 0.1) is 11.1 Å². The summed E-state index contributed by atoms with van der Waals surface area (Å²) in [6.45, 7) is 1.83. The Morgan fingerprint density at radius 1 is 0.949 bits per heavy atom. The molecule has 0 aliphatic heterocycles. The van der Waals surface area contributed by atoms with E-state index in [2.05, 4.69) is 0 Å². The summed E-state index contributed by atoms with van der Waals surface area (Å²) in [5, 5.41) is 11.3. The molecule has 0 fully saturated rings. The topological polar surface area (TPSA) is 63.2 Å². The maximum atomic E-state index is 13.2. The van der Waals surface area contributed by atoms with Crippen molar-refractivity contribution in [2.75, 3.05) is 6.61 Å². The van der Waals surface area contributed by atoms with E-state index in [9.17, 15) is 18.0 Å². The monoisotopic (exact) mass is 527 g/mol. The summed E-state index contributed by atoms with van der Waals surface area (Å²) in [5.74, 6) is 0.887. The van der Waals surface area contributed by atoms with Crippen LogP contribution in [0.1, 0.15) is 42.1 Å². The number of carbonyl (C=O) groups is 1. The van der Waals surface area contributed by atoms with Crippen molar-refractivity contribution in [3.05, 3.63) is 90.0 Å². The molecule has 4 nitrogen and oxygen atoms in total. The molecule has 0 unspecified atom stereocenters. The Morgan fingerprint density at radius 2 is 1.69 bits per heavy atom. The molecular weight excluding hydrogens is 503 g/mol. The third kappa shape index (κ3) is 5.10. The van der Waals surface area contributed by atoms with Crippen LogP contribution in [0, 0.1) is 11.3 Å². The average Bonchev–Trinajstić information content (AvgIpc) is 3.33. The number of nitriles is 1. The number of fused-ring (bicyclic) bond motifs is 2. The number of unbranched alkanes of at least 4 members (excludes halogenated alkanes) is 1. The van der Waals surface area contributed by atoms with Gasteiger partial charge in [-0.05, 0) is 53.1 Å². The Kier molecular flexibility index (Phi) is 7.12. The summed E-state index contributed by atoms with van der Waals surface area (Å²) in [6, 6.07) is 23.3. The number of hydrogen-bond donors (Lipinski definition) is 0. The lowest BCUT2D eigenvalue weighted by atomic mass is 9.93. The van der Waals surface area contributed by atoms with Gasteiger partial charge in [0.25, 0.3) is 0 Å². The fourth-order valence-electron chi connectivity index (χ4n) is 4.79. The zero-order valence-electron chi connectivity index (χ0n) is 21.1. The fraction of sp³-hybridized carbons (Fsp3) is 0.188. The third-order valence-electron chi connectivity index (χ3n) is 6.67. The highest BCUT2D eigenvalue weighted by Crippen LogP contribution is 2.41. The van der Waals surface area contributed by atoms with Crippen molar-refractivity contribution in [3.8, 4) is 34.3 Å². The van der Waals surface area contributed by atoms with Crippen LogP contribution in [-0.2, 0) is 6.18 Å². The molecule has 4 aromatic carbocycles. The van der Waals surface area contributed by atoms with Gasteiger partial charge in [-0.15, -0.1) is 0 Å². The van der Waals surface area contributed by atoms with Gasteiger partial charge in [0, 0.05) is 22.9 Å². The van der Waals surface area contributed by atoms with Crippen molar-refractivity contribution >= 4 is 27.5 Å². The lowest BCUT2D eigenvalue weighted by Gasteiger charge is -2.15. The molecule has 0 aliphatic rings. The van der Waals surface area contributed by atoms with Crippen LogP contribution in [0.5, 0.6) is 5.75 Å². The molecule has 0 saturated carbocycles. The molecule has 0 atom stereocenters. The number of alkyl halides is 3. The Balaban J connectivity index is 1.67. The Hall–Kier alpha value is -4.57. The number of hydrogen-bond acceptors (Lipinski definition) is 4. The van der Waals surface area contributed by atoms with Gasteiger partial charge in [-0.1, -0.05) is 61.9 Å². The number of para-hydroxylation sites is 1. The maximum absolute atomic E-state index is 13.2. The van der Waals surface area contributed by atoms with Crippen molar-refractivity contribution < 1.29 is 27.1 Å². The molecule has 1 aromatic heterocycles. The Morgan fingerprint density at radius 3 is 2.41 bits per heavy atom. The molecule has 0 N–H and O–H groups in total. The summed E-state index contributed by atoms with van der Waals surface area (Å²) in [5.41, 5.74) is 2.23. The van der Waals surface area contributed by atoms with Crippen molar-refractivity contribution in [1.29, 1.82) is 5.26 Å². The first-order chi connectivity index (χ1) is 18.8. The Bertz CT molecular complexity index is 1710. The van der Waals surface area contributed by atoms with E-state index in [1.54, 1.807) is 6.07 Å². The number of nitrogens with zero attached hydrogens (tertiary/aromatic N) is 1. The molecule has 0 radical (unpaired) electrons. The molecule has 5 rings (SSSR count). The molecule has 7 heteroatoms. The fourth-order valence-corrected chi connectivity index (χ4v) is 4.79. The summed E-state index contributed by atoms with van der Waals surface area (Å²) in [4.78, 5) is 13.2. The van der Waals surface area contributed by atoms with E-state index in [4.69, 9.17) is 14.4 Å². The number of carbonyl (C=O) groups excluding carboxylic acids is 1. The Labute approximate surface area is 223 Å². The summed E-state index contributed by atoms with van der Waals surface area (Å²) in [7, 11) is 0. The quantitative estimate of drug-likeness (QED) is 0.189. The molecule has 0 spiro atoms. The molecule has 39 heavy (non-hydrogen) atoms. The lowest BCUT2D eigenvalue weighted by Crippen LogP contribution is -2.04. The van der Waals surface area contributed by atoms with Crippen molar-refractivity contribution in [2.24, 2.45) is 0 Å². The zero-order valence-corrected chi connectivity index (χ0v) is 21.1. The van der Waals surface area contributed by atoms with Gasteiger partial charge in [-0.25, -0.2) is 0 Å². The van der Waals surface area contributed by atoms with Gasteiger partial charge >= 0.3 is 6.18 Å². The molecule has 0 aliphatic carbocycles. The lowest BCUT2D eigenvalue weighted by molar-refractivity contribution is -0.137. The minimum Gasteiger partial charge on any atom is -0.478 e. The number of ether oxygens (including phenoxy) is 1. The zero-order chi connectivity index (χ0) is 27.6. The molecule has 1 heterocycles. The second-order valence-electron chi connectivity index (χ2n) is 9.23. The normalized spacial score (nSPS) is 11.6. The standard InChI is InChI=1S/C32H24F3NO3/c1-2-3-7-26(37)30-25-6-4-5-8-27(25)39-31(30)22-11-15-24-21(19-22)12-16-28(38-18-17-36)29(24)20-9-13-23(14-10-20)32(33,34)35/h4-6,8-16,19H,2-3,7,18H2,1H3. The molecule has 0 amide bonds. The summed E-state index contributed by atoms with van der Waals surface area (Å²) in [6.07, 6.45) is -2.36. The van der Waals surface area contributed by atoms with Crippen LogP contribution < -0.4 is 4.74 Å². The van der Waals surface area contributed by atoms with Gasteiger partial charge in [0.2, 0.25) is 0 Å². The van der Waals surface area contributed by atoms with Crippen LogP contribution in [-0.4, -0.2) is 12.4 Å². The number of benzene rings is 4. The predicted molar refractivity (Wildman–Crippen MR) is 145 cm³/mol. The van der Waals surface area contributed by atoms with E-state index >= 15 is 0 Å². The minimum absolute atomic E-state index is 0.0163. The van der Waals surface area contributed by atoms with Crippen molar-refractivity contribution in [2.45, 2.75) is 32.4 Å². The molecule has 0 saturated heterocycles. The smallest absolute Gasteiger partial charge is 0.416 e. The van der Waals surface area contributed by atoms with E-state index in [0.717, 1.165) is 41.1 Å². The van der Waals surface area contributed by atoms with Gasteiger partial charge in [-0.3, -0.25) is 4.79 Å². The molecule has 5 aromatic rings. The van der Waals surface area contributed by atoms with Gasteiger partial charge < -0.3 is 9.15 Å². The number of Topliss-reactive ketones (excluding diaryl/α,β-unsaturated/α-hetero) is 1. The van der Waals surface area contributed by atoms with E-state index in [-0.39, 0.29) is 12.4 Å². The van der Waals surface area contributed by atoms with Gasteiger partial charge in [-0.2, -0.15) is 18.4 Å². The predicted octanol–water partition coefficient (Wildman–Crippen LogP) is 9.21. The van der Waals surface area contributed by atoms with E-state index < -0.39 is 11.7 Å². The van der Waals surface area contributed by atoms with Crippen molar-refractivity contribution in [3.63, 3.8) is 0 Å². The third-order valence-corrected chi connectivity index (χ3v) is 6.67. The van der Waals surface area contributed by atoms with E-state index in [0.29, 0.717) is 45.8 Å². The van der Waals surface area contributed by atoms with Crippen LogP contribution in [0.2, 0.25) is 0 Å². The van der Waals surface area contributed by atoms with Gasteiger partial charge in [0.1, 0.15) is 23.2 Å². The summed E-state index contributed by atoms with van der Waals surface area (Å²) < 4.78 is 51.3. The molecule has 0 bridgehead atoms. The highest BCUT2D eigenvalue weighted by molar-refractivity contribution is 6.12. The number of ketones is 1. The number of halogens is 3. The summed E-state index contributed by atoms with van der Waals surface area (Å²) >= 11 is 0. The van der Waals surface area contributed by atoms with Crippen LogP contribution >= 0.6 is 0 Å². The number of rotatable bonds is 8. The van der Waals surface area contributed by atoms with Crippen LogP contribution in [0.3, 0.4) is 0 Å². The number of furan rings is 1. The molecular formula is C32H24F3NO3. The highest BCUT2D eigenvalue weighted by atomic mass is 19.4. The van der Waals surface area contributed by atoms with Gasteiger partial charge in [0.15, 0.2) is 12.4 Å². The van der Waals surface area contributed by atoms with Crippen LogP contribution in [0.15, 0.2) is 83.3 Å². The average molecular weight is 528 g/mol. The SMILES string of the molecule is CCCCC(=O)c1c(-c2ccc3c(-c4ccc(C(F)(F)F)cc4)c(OCC#N)ccc3c2)oc2ccccc12.